The van der Waals surface area contributed by atoms with Crippen LogP contribution in [0.25, 0.3) is 0 Å². The molecule has 0 aliphatic heterocycles. The van der Waals surface area contributed by atoms with Crippen LogP contribution in [0.15, 0.2) is 25.1 Å². The van der Waals surface area contributed by atoms with Gasteiger partial charge in [-0.15, -0.1) is 6.58 Å². The Hall–Kier alpha value is -2.37. The molecule has 0 spiro atoms. The van der Waals surface area contributed by atoms with E-state index in [0.29, 0.717) is 12.4 Å². The van der Waals surface area contributed by atoms with Crippen molar-refractivity contribution in [1.29, 1.82) is 0 Å². The number of carbonyl (C=O) groups is 1. The lowest BCUT2D eigenvalue weighted by molar-refractivity contribution is -0.204. The van der Waals surface area contributed by atoms with E-state index in [2.05, 4.69) is 11.6 Å². The zero-order valence-electron chi connectivity index (χ0n) is 12.4. The number of imidazole rings is 1. The van der Waals surface area contributed by atoms with Gasteiger partial charge in [0, 0.05) is 12.7 Å². The van der Waals surface area contributed by atoms with Crippen molar-refractivity contribution in [3.63, 3.8) is 0 Å². The molecule has 0 atom stereocenters. The van der Waals surface area contributed by atoms with Gasteiger partial charge in [-0.1, -0.05) is 6.08 Å². The normalized spacial score (nSPS) is 10.8. The van der Waals surface area contributed by atoms with Crippen molar-refractivity contribution in [3.05, 3.63) is 36.6 Å². The fourth-order valence-corrected chi connectivity index (χ4v) is 1.63. The highest BCUT2D eigenvalue weighted by atomic mass is 16.7. The Morgan fingerprint density at radius 3 is 2.76 bits per heavy atom. The van der Waals surface area contributed by atoms with Crippen LogP contribution in [0.1, 0.15) is 37.1 Å². The van der Waals surface area contributed by atoms with Crippen LogP contribution in [0.4, 0.5) is 0 Å². The molecule has 0 fully saturated rings. The van der Waals surface area contributed by atoms with Crippen LogP contribution in [-0.2, 0) is 22.7 Å². The molecule has 0 bridgehead atoms. The van der Waals surface area contributed by atoms with E-state index in [1.807, 2.05) is 20.8 Å². The summed E-state index contributed by atoms with van der Waals surface area (Å²) in [5.74, 6) is 0.974. The zero-order valence-corrected chi connectivity index (χ0v) is 12.4. The van der Waals surface area contributed by atoms with Crippen LogP contribution >= 0.6 is 0 Å². The lowest BCUT2D eigenvalue weighted by atomic mass is 10.2. The van der Waals surface area contributed by atoms with Crippen LogP contribution in [0.3, 0.4) is 0 Å². The second-order valence-corrected chi connectivity index (χ2v) is 5.31. The molecule has 1 rings (SSSR count). The summed E-state index contributed by atoms with van der Waals surface area (Å²) in [6.07, 6.45) is 4.15. The zero-order chi connectivity index (χ0) is 16.0. The van der Waals surface area contributed by atoms with Crippen LogP contribution in [0, 0.1) is 0 Å². The number of carboxylic acids is 1. The number of nitrogens with zero attached hydrogens (tertiary/aromatic N) is 3. The Morgan fingerprint density at radius 1 is 1.62 bits per heavy atom. The number of hydroxylamine groups is 2. The average Bonchev–Trinajstić information content (AvgIpc) is 2.71. The maximum Gasteiger partial charge on any atom is 0.356 e. The number of carbonyl (C=O) groups excluding carboxylic acids is 1. The third-order valence-corrected chi connectivity index (χ3v) is 2.29. The van der Waals surface area contributed by atoms with E-state index in [9.17, 15) is 9.59 Å². The van der Waals surface area contributed by atoms with Gasteiger partial charge in [-0.2, -0.15) is 0 Å². The molecule has 0 aliphatic carbocycles. The molecule has 7 nitrogen and oxygen atoms in total. The minimum Gasteiger partial charge on any atom is -0.476 e. The van der Waals surface area contributed by atoms with E-state index in [0.717, 1.165) is 6.20 Å². The van der Waals surface area contributed by atoms with E-state index >= 15 is 0 Å². The monoisotopic (exact) mass is 293 g/mol. The van der Waals surface area contributed by atoms with Gasteiger partial charge in [0.2, 0.25) is 0 Å². The summed E-state index contributed by atoms with van der Waals surface area (Å²) in [7, 11) is 0. The second kappa shape index (κ2) is 6.88. The van der Waals surface area contributed by atoms with Gasteiger partial charge in [-0.25, -0.2) is 19.6 Å². The maximum atomic E-state index is 11.0. The molecule has 0 unspecified atom stereocenters. The molecular weight excluding hydrogens is 274 g/mol. The van der Waals surface area contributed by atoms with Gasteiger partial charge in [0.25, 0.3) is 0 Å². The summed E-state index contributed by atoms with van der Waals surface area (Å²) >= 11 is 0. The lowest BCUT2D eigenvalue weighted by Gasteiger charge is -2.27. The van der Waals surface area contributed by atoms with Crippen molar-refractivity contribution < 1.29 is 19.5 Å². The predicted octanol–water partition coefficient (Wildman–Crippen LogP) is 1.64. The molecule has 1 aromatic heterocycles. The molecule has 1 aromatic rings. The number of rotatable bonds is 7. The third-order valence-electron chi connectivity index (χ3n) is 2.29. The van der Waals surface area contributed by atoms with E-state index in [1.54, 1.807) is 16.6 Å². The fourth-order valence-electron chi connectivity index (χ4n) is 1.63. The predicted molar refractivity (Wildman–Crippen MR) is 76.0 cm³/mol. The number of aromatic carboxylic acids is 1. The molecule has 0 radical (unpaired) electrons. The Morgan fingerprint density at radius 2 is 2.29 bits per heavy atom. The Labute approximate surface area is 123 Å². The number of aromatic nitrogens is 2. The first-order chi connectivity index (χ1) is 9.76. The lowest BCUT2D eigenvalue weighted by Crippen LogP contribution is -2.31. The molecule has 0 saturated carbocycles. The summed E-state index contributed by atoms with van der Waals surface area (Å²) in [6.45, 7) is 9.63. The number of hydrogen-bond donors (Lipinski definition) is 1. The standard InChI is InChI=1S/C14H19N3O4/c1-5-6-16-9-11(13(19)20)15-12(16)10-17(7-8-18)21-14(2,3)4/h5,7,9H,1,6,10H2,2-4H3,(H,19,20). The largest absolute Gasteiger partial charge is 0.476 e. The Bertz CT molecular complexity index is 565. The number of carboxylic acid groups (broad SMARTS) is 1. The molecule has 0 saturated heterocycles. The SMILES string of the molecule is C=CCn1cc(C(=O)O)nc1CN(C=C=O)OC(C)(C)C. The van der Waals surface area contributed by atoms with Crippen molar-refractivity contribution in [1.82, 2.24) is 14.6 Å². The highest BCUT2D eigenvalue weighted by Gasteiger charge is 2.19. The maximum absolute atomic E-state index is 11.0. The van der Waals surface area contributed by atoms with Crippen LogP contribution < -0.4 is 0 Å². The van der Waals surface area contributed by atoms with Crippen molar-refractivity contribution >= 4 is 11.9 Å². The molecule has 7 heteroatoms. The van der Waals surface area contributed by atoms with Gasteiger partial charge in [-0.05, 0) is 20.8 Å². The summed E-state index contributed by atoms with van der Waals surface area (Å²) in [6, 6.07) is 0. The first-order valence-electron chi connectivity index (χ1n) is 6.34. The minimum absolute atomic E-state index is 0.0716. The Balaban J connectivity index is 3.03. The summed E-state index contributed by atoms with van der Waals surface area (Å²) < 4.78 is 1.63. The quantitative estimate of drug-likeness (QED) is 0.467. The minimum atomic E-state index is -1.12. The Kier molecular flexibility index (Phi) is 5.46. The van der Waals surface area contributed by atoms with E-state index in [-0.39, 0.29) is 12.2 Å². The summed E-state index contributed by atoms with van der Waals surface area (Å²) in [5.41, 5.74) is -0.587. The molecule has 1 N–H and O–H groups in total. The number of allylic oxidation sites excluding steroid dienone is 1. The molecular formula is C14H19N3O4. The summed E-state index contributed by atoms with van der Waals surface area (Å²) in [5, 5.41) is 10.3. The first-order valence-corrected chi connectivity index (χ1v) is 6.34. The first kappa shape index (κ1) is 16.7. The molecule has 114 valence electrons. The van der Waals surface area contributed by atoms with Gasteiger partial charge >= 0.3 is 5.97 Å². The molecule has 0 amide bonds. The van der Waals surface area contributed by atoms with Gasteiger partial charge in [0.1, 0.15) is 24.5 Å². The fraction of sp³-hybridized carbons (Fsp3) is 0.429. The van der Waals surface area contributed by atoms with Crippen molar-refractivity contribution in [3.8, 4) is 0 Å². The van der Waals surface area contributed by atoms with Crippen molar-refractivity contribution in [2.75, 3.05) is 0 Å². The van der Waals surface area contributed by atoms with Crippen LogP contribution in [0.5, 0.6) is 0 Å². The third kappa shape index (κ3) is 5.25. The van der Waals surface area contributed by atoms with E-state index < -0.39 is 11.6 Å². The smallest absolute Gasteiger partial charge is 0.356 e. The molecule has 1 heterocycles. The van der Waals surface area contributed by atoms with Gasteiger partial charge in [0.05, 0.1) is 5.60 Å². The van der Waals surface area contributed by atoms with Crippen molar-refractivity contribution in [2.24, 2.45) is 0 Å². The second-order valence-electron chi connectivity index (χ2n) is 5.31. The van der Waals surface area contributed by atoms with Crippen molar-refractivity contribution in [2.45, 2.75) is 39.5 Å². The highest BCUT2D eigenvalue weighted by Crippen LogP contribution is 2.14. The van der Waals surface area contributed by atoms with Gasteiger partial charge in [-0.3, -0.25) is 4.84 Å². The van der Waals surface area contributed by atoms with E-state index in [4.69, 9.17) is 9.94 Å². The average molecular weight is 293 g/mol. The van der Waals surface area contributed by atoms with Crippen LogP contribution in [-0.4, -0.2) is 37.2 Å². The topological polar surface area (TPSA) is 84.7 Å². The van der Waals surface area contributed by atoms with Gasteiger partial charge in [0.15, 0.2) is 5.69 Å². The van der Waals surface area contributed by atoms with Gasteiger partial charge < -0.3 is 9.67 Å². The highest BCUT2D eigenvalue weighted by molar-refractivity contribution is 5.85. The molecule has 21 heavy (non-hydrogen) atoms. The molecule has 0 aromatic carbocycles. The van der Waals surface area contributed by atoms with Crippen LogP contribution in [0.2, 0.25) is 0 Å². The number of hydrogen-bond acceptors (Lipinski definition) is 5. The van der Waals surface area contributed by atoms with E-state index in [1.165, 1.54) is 11.3 Å². The summed E-state index contributed by atoms with van der Waals surface area (Å²) in [4.78, 5) is 31.2. The molecule has 0 aliphatic rings.